The topological polar surface area (TPSA) is 61.8 Å². The lowest BCUT2D eigenvalue weighted by Crippen LogP contribution is -2.58. The van der Waals surface area contributed by atoms with Gasteiger partial charge in [-0.15, -0.1) is 11.3 Å². The molecule has 0 unspecified atom stereocenters. The van der Waals surface area contributed by atoms with Crippen molar-refractivity contribution in [3.8, 4) is 0 Å². The van der Waals surface area contributed by atoms with E-state index in [2.05, 4.69) is 32.7 Å². The molecule has 0 amide bonds. The van der Waals surface area contributed by atoms with Gasteiger partial charge in [-0.2, -0.15) is 0 Å². The number of aliphatic imine (C=N–C) groups is 1. The third-order valence-corrected chi connectivity index (χ3v) is 9.64. The SMILES string of the molecule is CN=C(NCC1(c2cccs2)CCCCC1)N1CCS(=O)(=O)C(C)(C)C1. The Balaban J connectivity index is 1.72. The Hall–Kier alpha value is -1.08. The standard InChI is InChI=1S/C19H31N3O2S2/c1-18(2)15-22(11-13-26(18,23)24)17(20-3)21-14-19(9-5-4-6-10-19)16-8-7-12-25-16/h7-8,12H,4-6,9-11,13-15H2,1-3H3,(H,20,21). The highest BCUT2D eigenvalue weighted by Crippen LogP contribution is 2.41. The molecule has 1 aliphatic heterocycles. The Morgan fingerprint density at radius 2 is 2.04 bits per heavy atom. The molecule has 1 saturated carbocycles. The second kappa shape index (κ2) is 7.50. The predicted octanol–water partition coefficient (Wildman–Crippen LogP) is 3.03. The van der Waals surface area contributed by atoms with E-state index in [-0.39, 0.29) is 11.2 Å². The van der Waals surface area contributed by atoms with E-state index in [0.717, 1.165) is 12.5 Å². The van der Waals surface area contributed by atoms with Gasteiger partial charge in [0.25, 0.3) is 0 Å². The van der Waals surface area contributed by atoms with Crippen LogP contribution in [0.3, 0.4) is 0 Å². The highest BCUT2D eigenvalue weighted by Gasteiger charge is 2.41. The zero-order valence-corrected chi connectivity index (χ0v) is 17.8. The van der Waals surface area contributed by atoms with Crippen LogP contribution in [0.1, 0.15) is 50.8 Å². The van der Waals surface area contributed by atoms with Crippen molar-refractivity contribution >= 4 is 27.1 Å². The molecule has 0 spiro atoms. The molecule has 1 saturated heterocycles. The zero-order chi connectivity index (χ0) is 18.8. The number of nitrogens with one attached hydrogen (secondary N) is 1. The molecule has 0 aromatic carbocycles. The van der Waals surface area contributed by atoms with E-state index >= 15 is 0 Å². The van der Waals surface area contributed by atoms with Gasteiger partial charge in [-0.3, -0.25) is 4.99 Å². The van der Waals surface area contributed by atoms with Crippen molar-refractivity contribution < 1.29 is 8.42 Å². The minimum Gasteiger partial charge on any atom is -0.355 e. The molecule has 2 aliphatic rings. The molecule has 3 rings (SSSR count). The molecule has 0 atom stereocenters. The van der Waals surface area contributed by atoms with E-state index in [1.54, 1.807) is 7.05 Å². The summed E-state index contributed by atoms with van der Waals surface area (Å²) >= 11 is 1.85. The maximum Gasteiger partial charge on any atom is 0.193 e. The molecule has 146 valence electrons. The number of nitrogens with zero attached hydrogens (tertiary/aromatic N) is 2. The highest BCUT2D eigenvalue weighted by molar-refractivity contribution is 7.92. The fourth-order valence-electron chi connectivity index (χ4n) is 4.22. The van der Waals surface area contributed by atoms with Crippen LogP contribution < -0.4 is 5.32 Å². The molecule has 1 aromatic heterocycles. The van der Waals surface area contributed by atoms with Crippen molar-refractivity contribution in [3.63, 3.8) is 0 Å². The maximum absolute atomic E-state index is 12.3. The second-order valence-electron chi connectivity index (χ2n) is 8.22. The van der Waals surface area contributed by atoms with Crippen LogP contribution in [-0.4, -0.2) is 56.5 Å². The summed E-state index contributed by atoms with van der Waals surface area (Å²) in [7, 11) is -1.25. The van der Waals surface area contributed by atoms with E-state index < -0.39 is 14.6 Å². The van der Waals surface area contributed by atoms with Gasteiger partial charge in [0, 0.05) is 37.0 Å². The van der Waals surface area contributed by atoms with Crippen LogP contribution in [-0.2, 0) is 15.3 Å². The summed E-state index contributed by atoms with van der Waals surface area (Å²) in [6, 6.07) is 4.40. The first-order valence-corrected chi connectivity index (χ1v) is 12.0. The van der Waals surface area contributed by atoms with E-state index in [0.29, 0.717) is 13.1 Å². The first kappa shape index (κ1) is 19.7. The number of thiophene rings is 1. The van der Waals surface area contributed by atoms with Crippen LogP contribution in [0.25, 0.3) is 0 Å². The van der Waals surface area contributed by atoms with Gasteiger partial charge in [0.1, 0.15) is 0 Å². The van der Waals surface area contributed by atoms with Crippen molar-refractivity contribution in [2.45, 2.75) is 56.1 Å². The van der Waals surface area contributed by atoms with E-state index in [4.69, 9.17) is 0 Å². The largest absolute Gasteiger partial charge is 0.355 e. The first-order valence-electron chi connectivity index (χ1n) is 9.52. The lowest BCUT2D eigenvalue weighted by atomic mass is 9.73. The summed E-state index contributed by atoms with van der Waals surface area (Å²) in [5, 5.41) is 5.76. The average molecular weight is 398 g/mol. The maximum atomic E-state index is 12.3. The van der Waals surface area contributed by atoms with Crippen LogP contribution in [0.5, 0.6) is 0 Å². The van der Waals surface area contributed by atoms with Gasteiger partial charge < -0.3 is 10.2 Å². The van der Waals surface area contributed by atoms with Gasteiger partial charge in [0.2, 0.25) is 0 Å². The summed E-state index contributed by atoms with van der Waals surface area (Å²) in [6.07, 6.45) is 6.27. The summed E-state index contributed by atoms with van der Waals surface area (Å²) in [6.45, 7) is 5.49. The van der Waals surface area contributed by atoms with Crippen molar-refractivity contribution in [1.29, 1.82) is 0 Å². The van der Waals surface area contributed by atoms with Gasteiger partial charge >= 0.3 is 0 Å². The molecular formula is C19H31N3O2S2. The number of guanidine groups is 1. The highest BCUT2D eigenvalue weighted by atomic mass is 32.2. The van der Waals surface area contributed by atoms with E-state index in [9.17, 15) is 8.42 Å². The lowest BCUT2D eigenvalue weighted by molar-refractivity contribution is 0.288. The molecule has 2 heterocycles. The molecule has 0 bridgehead atoms. The van der Waals surface area contributed by atoms with Gasteiger partial charge in [-0.05, 0) is 38.1 Å². The van der Waals surface area contributed by atoms with Gasteiger partial charge in [0.15, 0.2) is 15.8 Å². The monoisotopic (exact) mass is 397 g/mol. The van der Waals surface area contributed by atoms with E-state index in [1.165, 1.54) is 37.0 Å². The summed E-state index contributed by atoms with van der Waals surface area (Å²) in [4.78, 5) is 8.02. The molecule has 1 N–H and O–H groups in total. The van der Waals surface area contributed by atoms with Crippen molar-refractivity contribution in [1.82, 2.24) is 10.2 Å². The Bertz CT molecular complexity index is 733. The van der Waals surface area contributed by atoms with Crippen LogP contribution >= 0.6 is 11.3 Å². The molecule has 0 radical (unpaired) electrons. The molecule has 1 aliphatic carbocycles. The summed E-state index contributed by atoms with van der Waals surface area (Å²) in [5.74, 6) is 1.02. The molecular weight excluding hydrogens is 366 g/mol. The van der Waals surface area contributed by atoms with Gasteiger partial charge in [-0.1, -0.05) is 25.3 Å². The van der Waals surface area contributed by atoms with Crippen molar-refractivity contribution in [2.24, 2.45) is 4.99 Å². The fraction of sp³-hybridized carbons (Fsp3) is 0.737. The fourth-order valence-corrected chi connectivity index (χ4v) is 6.58. The third kappa shape index (κ3) is 3.79. The second-order valence-corrected chi connectivity index (χ2v) is 11.9. The Morgan fingerprint density at radius 3 is 2.62 bits per heavy atom. The van der Waals surface area contributed by atoms with Gasteiger partial charge in [0.05, 0.1) is 10.5 Å². The number of rotatable bonds is 3. The van der Waals surface area contributed by atoms with Crippen molar-refractivity contribution in [3.05, 3.63) is 22.4 Å². The number of hydrogen-bond donors (Lipinski definition) is 1. The molecule has 2 fully saturated rings. The van der Waals surface area contributed by atoms with Gasteiger partial charge in [-0.25, -0.2) is 8.42 Å². The van der Waals surface area contributed by atoms with E-state index in [1.807, 2.05) is 25.2 Å². The molecule has 26 heavy (non-hydrogen) atoms. The molecule has 7 heteroatoms. The minimum absolute atomic E-state index is 0.180. The molecule has 1 aromatic rings. The Kier molecular flexibility index (Phi) is 5.68. The minimum atomic E-state index is -3.04. The summed E-state index contributed by atoms with van der Waals surface area (Å²) in [5.41, 5.74) is 0.180. The average Bonchev–Trinajstić information content (AvgIpc) is 3.15. The zero-order valence-electron chi connectivity index (χ0n) is 16.1. The van der Waals surface area contributed by atoms with Crippen LogP contribution in [0.4, 0.5) is 0 Å². The van der Waals surface area contributed by atoms with Crippen molar-refractivity contribution in [2.75, 3.05) is 32.4 Å². The first-order chi connectivity index (χ1) is 12.3. The quantitative estimate of drug-likeness (QED) is 0.629. The van der Waals surface area contributed by atoms with Crippen LogP contribution in [0.15, 0.2) is 22.5 Å². The molecule has 5 nitrogen and oxygen atoms in total. The smallest absolute Gasteiger partial charge is 0.193 e. The third-order valence-electron chi connectivity index (χ3n) is 5.99. The van der Waals surface area contributed by atoms with Crippen LogP contribution in [0, 0.1) is 0 Å². The lowest BCUT2D eigenvalue weighted by Gasteiger charge is -2.41. The normalized spacial score (nSPS) is 25.0. The number of hydrogen-bond acceptors (Lipinski definition) is 4. The Morgan fingerprint density at radius 1 is 1.31 bits per heavy atom. The predicted molar refractivity (Wildman–Crippen MR) is 110 cm³/mol. The van der Waals surface area contributed by atoms with Crippen LogP contribution in [0.2, 0.25) is 0 Å². The Labute approximate surface area is 161 Å². The summed E-state index contributed by atoms with van der Waals surface area (Å²) < 4.78 is 23.8. The number of sulfone groups is 1.